The van der Waals surface area contributed by atoms with Crippen LogP contribution in [-0.2, 0) is 19.1 Å². The van der Waals surface area contributed by atoms with Gasteiger partial charge in [0.1, 0.15) is 11.6 Å². The molecule has 1 fully saturated rings. The highest BCUT2D eigenvalue weighted by atomic mass is 16.5. The minimum atomic E-state index is -1.80. The Morgan fingerprint density at radius 1 is 1.24 bits per heavy atom. The average Bonchev–Trinajstić information content (AvgIpc) is 2.77. The number of carbonyl (C=O) groups is 3. The summed E-state index contributed by atoms with van der Waals surface area (Å²) < 4.78 is 11.9. The molecule has 1 aliphatic heterocycles. The van der Waals surface area contributed by atoms with Gasteiger partial charge in [0, 0.05) is 27.2 Å². The van der Waals surface area contributed by atoms with Gasteiger partial charge in [0.25, 0.3) is 0 Å². The van der Waals surface area contributed by atoms with E-state index >= 15 is 0 Å². The number of aliphatic hydroxyl groups is 1. The Balaban J connectivity index is 2.48. The summed E-state index contributed by atoms with van der Waals surface area (Å²) in [6.45, 7) is 6.77. The van der Waals surface area contributed by atoms with Gasteiger partial charge in [-0.05, 0) is 44.7 Å². The van der Waals surface area contributed by atoms with Crippen LogP contribution in [0.5, 0.6) is 0 Å². The van der Waals surface area contributed by atoms with Crippen molar-refractivity contribution in [2.75, 3.05) is 26.8 Å². The van der Waals surface area contributed by atoms with Crippen LogP contribution < -0.4 is 0 Å². The highest BCUT2D eigenvalue weighted by molar-refractivity contribution is 5.99. The van der Waals surface area contributed by atoms with Gasteiger partial charge in [0.2, 0.25) is 5.91 Å². The molecule has 0 aliphatic carbocycles. The van der Waals surface area contributed by atoms with Gasteiger partial charge >= 0.3 is 12.0 Å². The summed E-state index contributed by atoms with van der Waals surface area (Å²) in [6.07, 6.45) is 2.72. The van der Waals surface area contributed by atoms with Crippen LogP contribution in [0.4, 0.5) is 4.79 Å². The summed E-state index contributed by atoms with van der Waals surface area (Å²) in [5.74, 6) is -2.05. The Morgan fingerprint density at radius 2 is 1.85 bits per heavy atom. The zero-order chi connectivity index (χ0) is 25.5. The maximum Gasteiger partial charge on any atom is 0.346 e. The van der Waals surface area contributed by atoms with Gasteiger partial charge in [-0.25, -0.2) is 19.5 Å². The number of carbonyl (C=O) groups excluding carboxylic acids is 2. The van der Waals surface area contributed by atoms with E-state index in [2.05, 4.69) is 0 Å². The number of hydrogen-bond acceptors (Lipinski definition) is 7. The number of benzene rings is 1. The summed E-state index contributed by atoms with van der Waals surface area (Å²) in [7, 11) is 1.51. The van der Waals surface area contributed by atoms with Crippen LogP contribution in [-0.4, -0.2) is 81.5 Å². The minimum absolute atomic E-state index is 0.0264. The minimum Gasteiger partial charge on any atom is -0.514 e. The maximum absolute atomic E-state index is 13.6. The Bertz CT molecular complexity index is 896. The highest BCUT2D eigenvalue weighted by Crippen LogP contribution is 2.28. The fraction of sp³-hybridized carbons (Fsp3) is 0.542. The molecule has 10 nitrogen and oxygen atoms in total. The number of hydrogen-bond donors (Lipinski definition) is 2. The van der Waals surface area contributed by atoms with E-state index in [1.807, 2.05) is 31.2 Å². The van der Waals surface area contributed by atoms with Crippen molar-refractivity contribution in [3.8, 4) is 0 Å². The number of aliphatic carboxylic acids is 1. The number of amides is 3. The van der Waals surface area contributed by atoms with Gasteiger partial charge in [-0.3, -0.25) is 9.80 Å². The largest absolute Gasteiger partial charge is 0.514 e. The van der Waals surface area contributed by atoms with E-state index in [4.69, 9.17) is 9.47 Å². The standard InChI is InChI=1S/C24H35N3O7/c1-17-8-6-7-9-20(17)21(34-19-10-14-33-15-11-19)16-26(25(5)12-13-28)23(32)27(18(2)29)24(3,4)22(30)31/h6-9,12-13,19,21,28H,10-11,14-16H2,1-5H3,(H,30,31)/b13-12-/t21-/m0/s1. The third-order valence-electron chi connectivity index (χ3n) is 5.87. The number of imide groups is 1. The van der Waals surface area contributed by atoms with E-state index in [0.717, 1.165) is 24.3 Å². The molecule has 1 aromatic carbocycles. The van der Waals surface area contributed by atoms with Gasteiger partial charge in [0.15, 0.2) is 0 Å². The number of aliphatic hydroxyl groups excluding tert-OH is 1. The smallest absolute Gasteiger partial charge is 0.346 e. The Morgan fingerprint density at radius 3 is 2.38 bits per heavy atom. The van der Waals surface area contributed by atoms with Crippen LogP contribution in [0, 0.1) is 6.92 Å². The zero-order valence-electron chi connectivity index (χ0n) is 20.4. The molecule has 0 radical (unpaired) electrons. The average molecular weight is 478 g/mol. The van der Waals surface area contributed by atoms with Crippen molar-refractivity contribution in [1.82, 2.24) is 14.9 Å². The summed E-state index contributed by atoms with van der Waals surface area (Å²) in [5.41, 5.74) is 0.0200. The molecular formula is C24H35N3O7. The van der Waals surface area contributed by atoms with Crippen LogP contribution >= 0.6 is 0 Å². The molecule has 1 saturated heterocycles. The quantitative estimate of drug-likeness (QED) is 0.411. The Hall–Kier alpha value is -3.11. The van der Waals surface area contributed by atoms with Crippen molar-refractivity contribution in [2.45, 2.75) is 58.3 Å². The van der Waals surface area contributed by atoms with Crippen LogP contribution in [0.1, 0.15) is 50.8 Å². The molecule has 34 heavy (non-hydrogen) atoms. The lowest BCUT2D eigenvalue weighted by molar-refractivity contribution is -0.154. The van der Waals surface area contributed by atoms with Crippen molar-refractivity contribution in [3.63, 3.8) is 0 Å². The topological polar surface area (TPSA) is 120 Å². The second-order valence-corrected chi connectivity index (χ2v) is 8.75. The first kappa shape index (κ1) is 27.1. The van der Waals surface area contributed by atoms with E-state index in [0.29, 0.717) is 31.0 Å². The first-order valence-corrected chi connectivity index (χ1v) is 11.2. The molecule has 10 heteroatoms. The van der Waals surface area contributed by atoms with Gasteiger partial charge in [0.05, 0.1) is 25.1 Å². The fourth-order valence-corrected chi connectivity index (χ4v) is 3.86. The highest BCUT2D eigenvalue weighted by Gasteiger charge is 2.44. The van der Waals surface area contributed by atoms with Crippen LogP contribution in [0.2, 0.25) is 0 Å². The van der Waals surface area contributed by atoms with Gasteiger partial charge < -0.3 is 19.7 Å². The van der Waals surface area contributed by atoms with Crippen molar-refractivity contribution in [1.29, 1.82) is 0 Å². The third kappa shape index (κ3) is 6.48. The lowest BCUT2D eigenvalue weighted by Gasteiger charge is -2.41. The van der Waals surface area contributed by atoms with Crippen LogP contribution in [0.15, 0.2) is 36.7 Å². The number of carboxylic acid groups (broad SMARTS) is 1. The van der Waals surface area contributed by atoms with Crippen molar-refractivity contribution >= 4 is 17.9 Å². The van der Waals surface area contributed by atoms with E-state index in [9.17, 15) is 24.6 Å². The lowest BCUT2D eigenvalue weighted by atomic mass is 10.0. The Labute approximate surface area is 200 Å². The summed E-state index contributed by atoms with van der Waals surface area (Å²) in [4.78, 5) is 38.6. The number of ether oxygens (including phenoxy) is 2. The summed E-state index contributed by atoms with van der Waals surface area (Å²) in [6, 6.07) is 6.78. The number of rotatable bonds is 9. The predicted molar refractivity (Wildman–Crippen MR) is 125 cm³/mol. The monoisotopic (exact) mass is 477 g/mol. The van der Waals surface area contributed by atoms with Gasteiger partial charge in [-0.2, -0.15) is 0 Å². The molecule has 1 atom stereocenters. The van der Waals surface area contributed by atoms with Crippen molar-refractivity contribution < 1.29 is 34.1 Å². The first-order chi connectivity index (χ1) is 16.0. The molecule has 1 aromatic rings. The fourth-order valence-electron chi connectivity index (χ4n) is 3.86. The van der Waals surface area contributed by atoms with E-state index in [1.54, 1.807) is 0 Å². The van der Waals surface area contributed by atoms with Crippen molar-refractivity contribution in [2.24, 2.45) is 0 Å². The van der Waals surface area contributed by atoms with E-state index in [1.165, 1.54) is 37.1 Å². The van der Waals surface area contributed by atoms with Crippen LogP contribution in [0.3, 0.4) is 0 Å². The van der Waals surface area contributed by atoms with Crippen molar-refractivity contribution in [3.05, 3.63) is 47.9 Å². The lowest BCUT2D eigenvalue weighted by Crippen LogP contribution is -2.61. The van der Waals surface area contributed by atoms with E-state index in [-0.39, 0.29) is 12.6 Å². The molecule has 0 spiro atoms. The molecule has 188 valence electrons. The number of nitrogens with zero attached hydrogens (tertiary/aromatic N) is 3. The molecule has 2 N–H and O–H groups in total. The molecule has 1 aliphatic rings. The maximum atomic E-state index is 13.6. The molecule has 0 saturated carbocycles. The van der Waals surface area contributed by atoms with Gasteiger partial charge in [-0.15, -0.1) is 0 Å². The van der Waals surface area contributed by atoms with E-state index < -0.39 is 29.6 Å². The van der Waals surface area contributed by atoms with Gasteiger partial charge in [-0.1, -0.05) is 24.3 Å². The molecule has 3 amide bonds. The van der Waals surface area contributed by atoms with Crippen LogP contribution in [0.25, 0.3) is 0 Å². The number of carboxylic acids is 1. The molecule has 1 heterocycles. The second-order valence-electron chi connectivity index (χ2n) is 8.75. The second kappa shape index (κ2) is 11.8. The number of aryl methyl sites for hydroxylation is 1. The normalized spacial score (nSPS) is 15.7. The predicted octanol–water partition coefficient (Wildman–Crippen LogP) is 3.24. The molecule has 0 aromatic heterocycles. The Kier molecular flexibility index (Phi) is 9.46. The zero-order valence-corrected chi connectivity index (χ0v) is 20.4. The molecular weight excluding hydrogens is 442 g/mol. The molecule has 0 bridgehead atoms. The number of urea groups is 1. The SMILES string of the molecule is CC(=O)N(C(=O)N(C[C@H](OC1CCOCC1)c1ccccc1C)N(C)/C=C\O)C(C)(C)C(=O)O. The third-order valence-corrected chi connectivity index (χ3v) is 5.87. The number of hydrazine groups is 1. The summed E-state index contributed by atoms with van der Waals surface area (Å²) in [5, 5.41) is 21.5. The molecule has 0 unspecified atom stereocenters. The summed E-state index contributed by atoms with van der Waals surface area (Å²) >= 11 is 0. The first-order valence-electron chi connectivity index (χ1n) is 11.2. The molecule has 2 rings (SSSR count).